The Bertz CT molecular complexity index is 771. The molecule has 8 nitrogen and oxygen atoms in total. The molecule has 126 valence electrons. The van der Waals surface area contributed by atoms with Crippen molar-refractivity contribution in [2.24, 2.45) is 5.73 Å². The fraction of sp³-hybridized carbons (Fsp3) is 0.312. The van der Waals surface area contributed by atoms with Crippen LogP contribution in [0.1, 0.15) is 23.7 Å². The van der Waals surface area contributed by atoms with E-state index in [4.69, 9.17) is 15.2 Å². The summed E-state index contributed by atoms with van der Waals surface area (Å²) in [5.74, 6) is 0.497. The minimum atomic E-state index is -0.470. The summed E-state index contributed by atoms with van der Waals surface area (Å²) in [6.07, 6.45) is 1.52. The van der Waals surface area contributed by atoms with E-state index in [9.17, 15) is 9.59 Å². The van der Waals surface area contributed by atoms with Gasteiger partial charge >= 0.3 is 0 Å². The zero-order valence-corrected chi connectivity index (χ0v) is 13.2. The number of hydrogen-bond acceptors (Lipinski definition) is 5. The number of nitrogens with zero attached hydrogens (tertiary/aromatic N) is 1. The number of primary amides is 1. The van der Waals surface area contributed by atoms with Crippen LogP contribution in [-0.4, -0.2) is 41.3 Å². The quantitative estimate of drug-likeness (QED) is 0.750. The molecule has 0 saturated heterocycles. The molecule has 4 N–H and O–H groups in total. The third kappa shape index (κ3) is 3.32. The summed E-state index contributed by atoms with van der Waals surface area (Å²) in [4.78, 5) is 23.3. The molecule has 2 aromatic rings. The number of amides is 2. The van der Waals surface area contributed by atoms with Crippen LogP contribution in [0.3, 0.4) is 0 Å². The number of carbonyl (C=O) groups excluding carboxylic acids is 2. The lowest BCUT2D eigenvalue weighted by atomic mass is 10.1. The van der Waals surface area contributed by atoms with Gasteiger partial charge in [0.15, 0.2) is 11.5 Å². The SMILES string of the molecule is CC(CC(N)=O)NC(=O)c1cn[nH]c1-c1ccc2c(c1)OCCO2. The van der Waals surface area contributed by atoms with Gasteiger partial charge in [0, 0.05) is 18.0 Å². The highest BCUT2D eigenvalue weighted by Crippen LogP contribution is 2.34. The van der Waals surface area contributed by atoms with Gasteiger partial charge in [-0.2, -0.15) is 5.10 Å². The van der Waals surface area contributed by atoms with E-state index in [1.54, 1.807) is 19.1 Å². The van der Waals surface area contributed by atoms with Crippen molar-refractivity contribution in [3.63, 3.8) is 0 Å². The molecule has 1 aliphatic rings. The maximum Gasteiger partial charge on any atom is 0.255 e. The Morgan fingerprint density at radius 2 is 2.08 bits per heavy atom. The first-order valence-corrected chi connectivity index (χ1v) is 7.57. The molecule has 2 amide bonds. The Labute approximate surface area is 138 Å². The van der Waals surface area contributed by atoms with Gasteiger partial charge in [0.1, 0.15) is 13.2 Å². The number of aromatic amines is 1. The van der Waals surface area contributed by atoms with Gasteiger partial charge in [0.25, 0.3) is 5.91 Å². The summed E-state index contributed by atoms with van der Waals surface area (Å²) in [5.41, 5.74) is 6.84. The summed E-state index contributed by atoms with van der Waals surface area (Å²) >= 11 is 0. The molecule has 2 heterocycles. The molecule has 1 atom stereocenters. The van der Waals surface area contributed by atoms with Gasteiger partial charge in [-0.3, -0.25) is 14.7 Å². The number of aromatic nitrogens is 2. The highest BCUT2D eigenvalue weighted by molar-refractivity contribution is 6.00. The van der Waals surface area contributed by atoms with E-state index in [-0.39, 0.29) is 18.4 Å². The second kappa shape index (κ2) is 6.61. The molecule has 0 bridgehead atoms. The molecular weight excluding hydrogens is 312 g/mol. The van der Waals surface area contributed by atoms with Crippen molar-refractivity contribution in [1.29, 1.82) is 0 Å². The summed E-state index contributed by atoms with van der Waals surface area (Å²) in [6.45, 7) is 2.71. The molecule has 0 spiro atoms. The maximum absolute atomic E-state index is 12.4. The first-order valence-electron chi connectivity index (χ1n) is 7.57. The van der Waals surface area contributed by atoms with Crippen LogP contribution in [0.4, 0.5) is 0 Å². The van der Waals surface area contributed by atoms with Gasteiger partial charge in [-0.1, -0.05) is 0 Å². The first kappa shape index (κ1) is 15.9. The number of nitrogens with two attached hydrogens (primary N) is 1. The zero-order chi connectivity index (χ0) is 17.1. The van der Waals surface area contributed by atoms with Gasteiger partial charge in [0.05, 0.1) is 17.5 Å². The number of H-pyrrole nitrogens is 1. The molecule has 1 aliphatic heterocycles. The van der Waals surface area contributed by atoms with Gasteiger partial charge in [-0.05, 0) is 25.1 Å². The van der Waals surface area contributed by atoms with E-state index >= 15 is 0 Å². The Morgan fingerprint density at radius 3 is 2.83 bits per heavy atom. The molecule has 3 rings (SSSR count). The topological polar surface area (TPSA) is 119 Å². The van der Waals surface area contributed by atoms with Crippen LogP contribution in [0.2, 0.25) is 0 Å². The van der Waals surface area contributed by atoms with Crippen molar-refractivity contribution < 1.29 is 19.1 Å². The lowest BCUT2D eigenvalue weighted by Gasteiger charge is -2.19. The van der Waals surface area contributed by atoms with Crippen molar-refractivity contribution in [3.8, 4) is 22.8 Å². The van der Waals surface area contributed by atoms with Gasteiger partial charge < -0.3 is 20.5 Å². The minimum Gasteiger partial charge on any atom is -0.486 e. The molecule has 24 heavy (non-hydrogen) atoms. The molecule has 1 aromatic carbocycles. The standard InChI is InChI=1S/C16H18N4O4/c1-9(6-14(17)21)19-16(22)11-8-18-20-15(11)10-2-3-12-13(7-10)24-5-4-23-12/h2-3,7-9H,4-6H2,1H3,(H2,17,21)(H,18,20)(H,19,22). The molecular formula is C16H18N4O4. The van der Waals surface area contributed by atoms with Gasteiger partial charge in [-0.25, -0.2) is 0 Å². The smallest absolute Gasteiger partial charge is 0.255 e. The number of nitrogens with one attached hydrogen (secondary N) is 2. The van der Waals surface area contributed by atoms with Crippen LogP contribution >= 0.6 is 0 Å². The van der Waals surface area contributed by atoms with Gasteiger partial charge in [0.2, 0.25) is 5.91 Å². The molecule has 0 aliphatic carbocycles. The molecule has 0 saturated carbocycles. The predicted octanol–water partition coefficient (Wildman–Crippen LogP) is 0.842. The number of benzene rings is 1. The van der Waals surface area contributed by atoms with Gasteiger partial charge in [-0.15, -0.1) is 0 Å². The van der Waals surface area contributed by atoms with Crippen LogP contribution in [0, 0.1) is 0 Å². The van der Waals surface area contributed by atoms with Crippen molar-refractivity contribution in [1.82, 2.24) is 15.5 Å². The lowest BCUT2D eigenvalue weighted by Crippen LogP contribution is -2.35. The average molecular weight is 330 g/mol. The normalized spacial score (nSPS) is 14.0. The highest BCUT2D eigenvalue weighted by atomic mass is 16.6. The van der Waals surface area contributed by atoms with E-state index in [2.05, 4.69) is 15.5 Å². The van der Waals surface area contributed by atoms with Crippen molar-refractivity contribution >= 4 is 11.8 Å². The second-order valence-electron chi connectivity index (χ2n) is 5.56. The van der Waals surface area contributed by atoms with E-state index in [1.807, 2.05) is 6.07 Å². The van der Waals surface area contributed by atoms with Crippen LogP contribution < -0.4 is 20.5 Å². The van der Waals surface area contributed by atoms with Crippen LogP contribution in [0.25, 0.3) is 11.3 Å². The summed E-state index contributed by atoms with van der Waals surface area (Å²) in [7, 11) is 0. The molecule has 8 heteroatoms. The third-order valence-corrected chi connectivity index (χ3v) is 3.60. The van der Waals surface area contributed by atoms with E-state index in [0.29, 0.717) is 36.0 Å². The van der Waals surface area contributed by atoms with E-state index in [0.717, 1.165) is 5.56 Å². The fourth-order valence-electron chi connectivity index (χ4n) is 2.53. The zero-order valence-electron chi connectivity index (χ0n) is 13.2. The van der Waals surface area contributed by atoms with Crippen molar-refractivity contribution in [2.75, 3.05) is 13.2 Å². The molecule has 1 unspecified atom stereocenters. The number of rotatable bonds is 5. The molecule has 0 radical (unpaired) electrons. The summed E-state index contributed by atoms with van der Waals surface area (Å²) < 4.78 is 11.0. The number of carbonyl (C=O) groups is 2. The van der Waals surface area contributed by atoms with E-state index < -0.39 is 5.91 Å². The number of fused-ring (bicyclic) bond motifs is 1. The predicted molar refractivity (Wildman–Crippen MR) is 85.8 cm³/mol. The van der Waals surface area contributed by atoms with E-state index in [1.165, 1.54) is 6.20 Å². The highest BCUT2D eigenvalue weighted by Gasteiger charge is 2.20. The Balaban J connectivity index is 1.82. The third-order valence-electron chi connectivity index (χ3n) is 3.60. The Hall–Kier alpha value is -3.03. The minimum absolute atomic E-state index is 0.0724. The van der Waals surface area contributed by atoms with Crippen molar-refractivity contribution in [3.05, 3.63) is 30.0 Å². The van der Waals surface area contributed by atoms with Crippen molar-refractivity contribution in [2.45, 2.75) is 19.4 Å². The molecule has 1 aromatic heterocycles. The monoisotopic (exact) mass is 330 g/mol. The van der Waals surface area contributed by atoms with Crippen LogP contribution in [0.5, 0.6) is 11.5 Å². The first-order chi connectivity index (χ1) is 11.5. The second-order valence-corrected chi connectivity index (χ2v) is 5.56. The fourth-order valence-corrected chi connectivity index (χ4v) is 2.53. The van der Waals surface area contributed by atoms with Crippen LogP contribution in [-0.2, 0) is 4.79 Å². The average Bonchev–Trinajstić information content (AvgIpc) is 3.03. The Morgan fingerprint density at radius 1 is 1.33 bits per heavy atom. The lowest BCUT2D eigenvalue weighted by molar-refractivity contribution is -0.118. The van der Waals surface area contributed by atoms with Crippen LogP contribution in [0.15, 0.2) is 24.4 Å². The largest absolute Gasteiger partial charge is 0.486 e. The molecule has 0 fully saturated rings. The maximum atomic E-state index is 12.4. The number of ether oxygens (including phenoxy) is 2. The summed E-state index contributed by atoms with van der Waals surface area (Å²) in [6, 6.07) is 5.05. The Kier molecular flexibility index (Phi) is 4.37. The summed E-state index contributed by atoms with van der Waals surface area (Å²) in [5, 5.41) is 9.51. The number of hydrogen-bond donors (Lipinski definition) is 3.